The molecule has 3 aromatic heterocycles. The maximum atomic E-state index is 4.63. The lowest BCUT2D eigenvalue weighted by Gasteiger charge is -2.16. The van der Waals surface area contributed by atoms with Crippen LogP contribution < -0.4 is 10.6 Å². The minimum Gasteiger partial charge on any atom is -0.366 e. The molecule has 0 aliphatic carbocycles. The van der Waals surface area contributed by atoms with Gasteiger partial charge in [-0.05, 0) is 46.8 Å². The van der Waals surface area contributed by atoms with Crippen molar-refractivity contribution in [3.05, 3.63) is 40.9 Å². The summed E-state index contributed by atoms with van der Waals surface area (Å²) in [5, 5.41) is 11.3. The summed E-state index contributed by atoms with van der Waals surface area (Å²) in [5.74, 6) is 1.32. The topological polar surface area (TPSA) is 80.0 Å². The van der Waals surface area contributed by atoms with Gasteiger partial charge in [0, 0.05) is 25.0 Å². The van der Waals surface area contributed by atoms with Crippen molar-refractivity contribution in [3.8, 4) is 0 Å². The van der Waals surface area contributed by atoms with E-state index in [4.69, 9.17) is 0 Å². The molecule has 3 aromatic rings. The Labute approximate surface area is 155 Å². The first-order chi connectivity index (χ1) is 12.2. The van der Waals surface area contributed by atoms with Gasteiger partial charge in [0.15, 0.2) is 11.5 Å². The number of hydrogen-bond acceptors (Lipinski definition) is 6. The smallest absolute Gasteiger partial charge is 0.243 e. The molecular formula is C17H22BrN7. The molecule has 0 saturated carbocycles. The monoisotopic (exact) mass is 403 g/mol. The van der Waals surface area contributed by atoms with Gasteiger partial charge in [0.1, 0.15) is 4.60 Å². The quantitative estimate of drug-likeness (QED) is 0.598. The van der Waals surface area contributed by atoms with Crippen LogP contribution in [-0.4, -0.2) is 37.2 Å². The third kappa shape index (κ3) is 4.25. The fourth-order valence-electron chi connectivity index (χ4n) is 2.58. The average Bonchev–Trinajstić information content (AvgIpc) is 3.02. The molecule has 0 bridgehead atoms. The highest BCUT2D eigenvalue weighted by Gasteiger charge is 2.13. The normalized spacial score (nSPS) is 11.2. The Bertz CT molecular complexity index is 814. The van der Waals surface area contributed by atoms with Crippen LogP contribution in [0, 0.1) is 0 Å². The van der Waals surface area contributed by atoms with E-state index in [9.17, 15) is 0 Å². The zero-order valence-electron chi connectivity index (χ0n) is 14.4. The molecule has 3 rings (SSSR count). The first kappa shape index (κ1) is 17.6. The fraction of sp³-hybridized carbons (Fsp3) is 0.412. The van der Waals surface area contributed by atoms with Crippen molar-refractivity contribution < 1.29 is 0 Å². The summed E-state index contributed by atoms with van der Waals surface area (Å²) in [5.41, 5.74) is 1.88. The van der Waals surface area contributed by atoms with E-state index in [2.05, 4.69) is 66.5 Å². The van der Waals surface area contributed by atoms with Crippen LogP contribution >= 0.6 is 15.9 Å². The molecule has 0 aromatic carbocycles. The molecule has 3 heterocycles. The first-order valence-electron chi connectivity index (χ1n) is 8.51. The van der Waals surface area contributed by atoms with Crippen LogP contribution in [0.5, 0.6) is 0 Å². The van der Waals surface area contributed by atoms with Crippen LogP contribution in [0.1, 0.15) is 32.3 Å². The van der Waals surface area contributed by atoms with E-state index in [1.165, 1.54) is 5.56 Å². The number of fused-ring (bicyclic) bond motifs is 1. The van der Waals surface area contributed by atoms with Crippen LogP contribution in [0.4, 0.5) is 11.8 Å². The van der Waals surface area contributed by atoms with Crippen molar-refractivity contribution in [1.29, 1.82) is 0 Å². The lowest BCUT2D eigenvalue weighted by atomic mass is 10.2. The molecule has 0 aliphatic rings. The first-order valence-corrected chi connectivity index (χ1v) is 9.31. The maximum absolute atomic E-state index is 4.63. The van der Waals surface area contributed by atoms with Gasteiger partial charge < -0.3 is 10.6 Å². The van der Waals surface area contributed by atoms with Crippen molar-refractivity contribution in [3.63, 3.8) is 0 Å². The molecule has 0 radical (unpaired) electrons. The van der Waals surface area contributed by atoms with Crippen molar-refractivity contribution >= 4 is 33.3 Å². The van der Waals surface area contributed by atoms with E-state index >= 15 is 0 Å². The van der Waals surface area contributed by atoms with E-state index in [0.717, 1.165) is 36.2 Å². The average molecular weight is 404 g/mol. The summed E-state index contributed by atoms with van der Waals surface area (Å²) < 4.78 is 2.55. The largest absolute Gasteiger partial charge is 0.366 e. The van der Waals surface area contributed by atoms with Gasteiger partial charge in [-0.1, -0.05) is 19.9 Å². The Morgan fingerprint density at radius 1 is 1.24 bits per heavy atom. The molecule has 132 valence electrons. The summed E-state index contributed by atoms with van der Waals surface area (Å²) in [6.07, 6.45) is 8.30. The summed E-state index contributed by atoms with van der Waals surface area (Å²) in [6.45, 7) is 5.05. The molecule has 0 spiro atoms. The number of pyridine rings is 1. The van der Waals surface area contributed by atoms with E-state index in [-0.39, 0.29) is 0 Å². The minimum atomic E-state index is 0.350. The molecule has 0 aliphatic heterocycles. The number of imidazole rings is 1. The molecule has 0 saturated heterocycles. The molecule has 0 amide bonds. The van der Waals surface area contributed by atoms with Crippen LogP contribution in [0.15, 0.2) is 35.3 Å². The Kier molecular flexibility index (Phi) is 5.80. The number of nitrogens with zero attached hydrogens (tertiary/aromatic N) is 5. The van der Waals surface area contributed by atoms with Crippen molar-refractivity contribution in [2.24, 2.45) is 0 Å². The van der Waals surface area contributed by atoms with E-state index in [1.807, 2.05) is 12.3 Å². The van der Waals surface area contributed by atoms with Crippen molar-refractivity contribution in [2.75, 3.05) is 17.2 Å². The Morgan fingerprint density at radius 2 is 2.08 bits per heavy atom. The van der Waals surface area contributed by atoms with Gasteiger partial charge >= 0.3 is 0 Å². The zero-order chi connectivity index (χ0) is 17.6. The van der Waals surface area contributed by atoms with Crippen LogP contribution in [0.3, 0.4) is 0 Å². The number of rotatable bonds is 8. The predicted octanol–water partition coefficient (Wildman–Crippen LogP) is 3.54. The standard InChI is InChI=1S/C17H22BrN7/c1-3-13(4-2)22-17-23-15(16-21-11-14(18)25(16)24-17)20-9-7-12-6-5-8-19-10-12/h5-6,8,10-11,13H,3-4,7,9H2,1-2H3,(H2,20,22,23,24). The summed E-state index contributed by atoms with van der Waals surface area (Å²) >= 11 is 3.49. The van der Waals surface area contributed by atoms with Gasteiger partial charge in [0.2, 0.25) is 5.95 Å². The zero-order valence-corrected chi connectivity index (χ0v) is 16.0. The summed E-state index contributed by atoms with van der Waals surface area (Å²) in [7, 11) is 0. The highest BCUT2D eigenvalue weighted by molar-refractivity contribution is 9.10. The Morgan fingerprint density at radius 3 is 2.80 bits per heavy atom. The van der Waals surface area contributed by atoms with Gasteiger partial charge in [0.05, 0.1) is 6.20 Å². The molecule has 0 fully saturated rings. The predicted molar refractivity (Wildman–Crippen MR) is 103 cm³/mol. The van der Waals surface area contributed by atoms with Crippen molar-refractivity contribution in [2.45, 2.75) is 39.2 Å². The van der Waals surface area contributed by atoms with Gasteiger partial charge in [0.25, 0.3) is 0 Å². The number of aromatic nitrogens is 5. The lowest BCUT2D eigenvalue weighted by Crippen LogP contribution is -2.20. The van der Waals surface area contributed by atoms with E-state index in [1.54, 1.807) is 16.9 Å². The van der Waals surface area contributed by atoms with Crippen molar-refractivity contribution in [1.82, 2.24) is 24.6 Å². The highest BCUT2D eigenvalue weighted by Crippen LogP contribution is 2.20. The third-order valence-electron chi connectivity index (χ3n) is 4.07. The third-order valence-corrected chi connectivity index (χ3v) is 4.61. The number of anilines is 2. The molecular weight excluding hydrogens is 382 g/mol. The summed E-state index contributed by atoms with van der Waals surface area (Å²) in [4.78, 5) is 13.2. The second-order valence-corrected chi connectivity index (χ2v) is 6.61. The maximum Gasteiger partial charge on any atom is 0.243 e. The second kappa shape index (κ2) is 8.24. The molecule has 0 atom stereocenters. The van der Waals surface area contributed by atoms with Crippen LogP contribution in [-0.2, 0) is 6.42 Å². The van der Waals surface area contributed by atoms with Gasteiger partial charge in [-0.3, -0.25) is 4.98 Å². The Hall–Kier alpha value is -2.22. The highest BCUT2D eigenvalue weighted by atomic mass is 79.9. The van der Waals surface area contributed by atoms with Gasteiger partial charge in [-0.25, -0.2) is 4.98 Å². The van der Waals surface area contributed by atoms with Gasteiger partial charge in [-0.2, -0.15) is 9.50 Å². The summed E-state index contributed by atoms with van der Waals surface area (Å²) in [6, 6.07) is 4.36. The number of halogens is 1. The molecule has 8 heteroatoms. The van der Waals surface area contributed by atoms with Crippen LogP contribution in [0.25, 0.3) is 5.65 Å². The number of hydrogen-bond donors (Lipinski definition) is 2. The molecule has 25 heavy (non-hydrogen) atoms. The molecule has 0 unspecified atom stereocenters. The molecule has 2 N–H and O–H groups in total. The fourth-order valence-corrected chi connectivity index (χ4v) is 2.93. The van der Waals surface area contributed by atoms with Gasteiger partial charge in [-0.15, -0.1) is 5.10 Å². The van der Waals surface area contributed by atoms with Crippen LogP contribution in [0.2, 0.25) is 0 Å². The molecule has 7 nitrogen and oxygen atoms in total. The Balaban J connectivity index is 1.80. The minimum absolute atomic E-state index is 0.350. The van der Waals surface area contributed by atoms with E-state index in [0.29, 0.717) is 17.6 Å². The second-order valence-electron chi connectivity index (χ2n) is 5.80. The van der Waals surface area contributed by atoms with E-state index < -0.39 is 0 Å². The lowest BCUT2D eigenvalue weighted by molar-refractivity contribution is 0.659. The number of nitrogens with one attached hydrogen (secondary N) is 2. The SMILES string of the molecule is CCC(CC)Nc1nc(NCCc2cccnc2)c2ncc(Br)n2n1.